The molecule has 2 aliphatic heterocycles. The molecule has 0 radical (unpaired) electrons. The zero-order valence-electron chi connectivity index (χ0n) is 23.3. The number of aromatic nitrogens is 2. The fraction of sp³-hybridized carbons (Fsp3) is 0.320. The van der Waals surface area contributed by atoms with Gasteiger partial charge in [-0.1, -0.05) is 52.1 Å². The maximum atomic E-state index is 13.2. The molecule has 0 bridgehead atoms. The predicted molar refractivity (Wildman–Crippen MR) is 174 cm³/mol. The van der Waals surface area contributed by atoms with Crippen LogP contribution in [0.15, 0.2) is 39.1 Å². The highest BCUT2D eigenvalue weighted by Crippen LogP contribution is 2.45. The molecule has 46 heavy (non-hydrogen) atoms. The molecule has 2 aliphatic rings. The van der Waals surface area contributed by atoms with Crippen LogP contribution in [0.25, 0.3) is 0 Å². The Morgan fingerprint density at radius 3 is 2.65 bits per heavy atom. The molecule has 0 aliphatic carbocycles. The maximum Gasteiger partial charge on any atom is 0.353 e. The van der Waals surface area contributed by atoms with Crippen molar-refractivity contribution < 1.29 is 39.4 Å². The zero-order valence-corrected chi connectivity index (χ0v) is 27.4. The first-order valence-corrected chi connectivity index (χ1v) is 16.6. The number of nitrogens with one attached hydrogen (secondary N) is 2. The average Bonchev–Trinajstić information content (AvgIpc) is 3.35. The van der Waals surface area contributed by atoms with E-state index in [1.807, 2.05) is 0 Å². The van der Waals surface area contributed by atoms with E-state index < -0.39 is 52.8 Å². The highest BCUT2D eigenvalue weighted by atomic mass is 35.5. The van der Waals surface area contributed by atoms with Crippen LogP contribution in [0.2, 0.25) is 4.34 Å². The molecule has 21 heteroatoms. The average molecular weight is 729 g/mol. The molecule has 4 rings (SSSR count). The summed E-state index contributed by atoms with van der Waals surface area (Å²) in [5, 5.41) is 35.6. The van der Waals surface area contributed by atoms with Crippen LogP contribution in [0.5, 0.6) is 0 Å². The molecular formula is C25H25ClN8O8S4. The summed E-state index contributed by atoms with van der Waals surface area (Å²) in [4.78, 5) is 71.7. The number of amides is 3. The van der Waals surface area contributed by atoms with E-state index in [2.05, 4.69) is 25.8 Å². The van der Waals surface area contributed by atoms with E-state index in [0.29, 0.717) is 20.2 Å². The van der Waals surface area contributed by atoms with Gasteiger partial charge in [-0.25, -0.2) is 9.78 Å². The molecule has 16 nitrogen and oxygen atoms in total. The number of β-lactam (4-membered cyclic amide) rings is 1. The Balaban J connectivity index is 1.44. The third kappa shape index (κ3) is 7.76. The molecule has 244 valence electrons. The Morgan fingerprint density at radius 2 is 2.02 bits per heavy atom. The summed E-state index contributed by atoms with van der Waals surface area (Å²) < 4.78 is 0.00344. The minimum absolute atomic E-state index is 0.00344. The molecule has 0 spiro atoms. The van der Waals surface area contributed by atoms with Crippen LogP contribution >= 0.6 is 58.7 Å². The van der Waals surface area contributed by atoms with E-state index in [1.54, 1.807) is 6.07 Å². The van der Waals surface area contributed by atoms with Crippen LogP contribution in [0, 0.1) is 0 Å². The molecule has 3 amide bonds. The van der Waals surface area contributed by atoms with Gasteiger partial charge in [-0.15, -0.1) is 11.8 Å². The van der Waals surface area contributed by atoms with E-state index in [9.17, 15) is 34.3 Å². The number of carbonyl (C=O) groups excluding carboxylic acids is 3. The number of aliphatic carboxylic acids is 2. The van der Waals surface area contributed by atoms with Crippen molar-refractivity contribution in [2.45, 2.75) is 41.6 Å². The van der Waals surface area contributed by atoms with E-state index >= 15 is 0 Å². The number of thioether (sulfide) groups is 2. The summed E-state index contributed by atoms with van der Waals surface area (Å²) in [7, 11) is 0. The standard InChI is InChI=1S/C25H25ClN8O8S4/c26-19-15(32-25(28)46-19)16(33-42)21(38)31-17-22(39)34-18(24(40)41)13(8-44-23(17)34)45-12-4-5-29-7-9(12)11(43)3-6-30-20(37)10(27)1-2-14(35)36/h4-5,7,10,17,23,42H,1-3,6,8,27H2,(H2,28,32)(H,30,37)(H,31,38)(H,35,36)(H,40,41)/b33-16-/t10-,17+,23-/m0/s1. The number of rotatable bonds is 14. The van der Waals surface area contributed by atoms with Crippen molar-refractivity contribution in [1.82, 2.24) is 25.5 Å². The summed E-state index contributed by atoms with van der Waals surface area (Å²) in [6.45, 7) is 0.123. The molecule has 3 atom stereocenters. The lowest BCUT2D eigenvalue weighted by atomic mass is 10.0. The van der Waals surface area contributed by atoms with Crippen molar-refractivity contribution in [3.8, 4) is 0 Å². The fourth-order valence-electron chi connectivity index (χ4n) is 4.33. The largest absolute Gasteiger partial charge is 0.481 e. The normalized spacial score (nSPS) is 18.3. The Labute approximate surface area is 283 Å². The fourth-order valence-corrected chi connectivity index (χ4v) is 8.18. The summed E-state index contributed by atoms with van der Waals surface area (Å²) in [6, 6.07) is -0.467. The number of carbonyl (C=O) groups is 5. The van der Waals surface area contributed by atoms with Gasteiger partial charge in [0, 0.05) is 57.8 Å². The first-order valence-electron chi connectivity index (χ1n) is 13.1. The molecule has 9 N–H and O–H groups in total. The molecular weight excluding hydrogens is 704 g/mol. The number of thiocarbonyl (C=S) groups is 1. The molecule has 0 saturated carbocycles. The first-order chi connectivity index (χ1) is 21.8. The van der Waals surface area contributed by atoms with Crippen molar-refractivity contribution in [3.63, 3.8) is 0 Å². The van der Waals surface area contributed by atoms with E-state index in [1.165, 1.54) is 24.2 Å². The van der Waals surface area contributed by atoms with Crippen molar-refractivity contribution in [2.75, 3.05) is 18.0 Å². The summed E-state index contributed by atoms with van der Waals surface area (Å²) in [6.07, 6.45) is 2.97. The minimum Gasteiger partial charge on any atom is -0.481 e. The van der Waals surface area contributed by atoms with Crippen molar-refractivity contribution in [3.05, 3.63) is 44.7 Å². The molecule has 0 unspecified atom stereocenters. The van der Waals surface area contributed by atoms with Crippen LogP contribution < -0.4 is 22.1 Å². The van der Waals surface area contributed by atoms with Crippen LogP contribution in [0.4, 0.5) is 5.13 Å². The van der Waals surface area contributed by atoms with Crippen LogP contribution in [-0.2, 0) is 24.0 Å². The highest BCUT2D eigenvalue weighted by Gasteiger charge is 2.54. The quantitative estimate of drug-likeness (QED) is 0.0355. The van der Waals surface area contributed by atoms with Crippen molar-refractivity contribution >= 4 is 104 Å². The Kier molecular flexibility index (Phi) is 11.6. The highest BCUT2D eigenvalue weighted by molar-refractivity contribution is 8.06. The van der Waals surface area contributed by atoms with Crippen molar-refractivity contribution in [1.29, 1.82) is 0 Å². The van der Waals surface area contributed by atoms with Gasteiger partial charge in [0.15, 0.2) is 10.8 Å². The number of fused-ring (bicyclic) bond motifs is 1. The molecule has 4 heterocycles. The van der Waals surface area contributed by atoms with Gasteiger partial charge < -0.3 is 37.5 Å². The van der Waals surface area contributed by atoms with Crippen molar-refractivity contribution in [2.24, 2.45) is 10.9 Å². The number of pyridine rings is 1. The van der Waals surface area contributed by atoms with Crippen LogP contribution in [0.3, 0.4) is 0 Å². The van der Waals surface area contributed by atoms with E-state index in [4.69, 9.17) is 40.4 Å². The number of thiazole rings is 1. The summed E-state index contributed by atoms with van der Waals surface area (Å²) in [5.41, 5.74) is 10.9. The van der Waals surface area contributed by atoms with Gasteiger partial charge in [0.2, 0.25) is 5.91 Å². The second-order valence-electron chi connectivity index (χ2n) is 9.54. The Bertz CT molecular complexity index is 1670. The van der Waals surface area contributed by atoms with Gasteiger partial charge in [0.1, 0.15) is 27.1 Å². The summed E-state index contributed by atoms with van der Waals surface area (Å²) >= 11 is 14.8. The lowest BCUT2D eigenvalue weighted by Gasteiger charge is -2.49. The molecule has 1 saturated heterocycles. The second kappa shape index (κ2) is 15.2. The Morgan fingerprint density at radius 1 is 1.28 bits per heavy atom. The number of nitrogens with two attached hydrogens (primary N) is 2. The van der Waals surface area contributed by atoms with Gasteiger partial charge in [-0.05, 0) is 12.5 Å². The zero-order chi connectivity index (χ0) is 33.7. The summed E-state index contributed by atoms with van der Waals surface area (Å²) in [5.74, 6) is -4.40. The number of anilines is 1. The number of nitrogen functional groups attached to an aromatic ring is 1. The maximum absolute atomic E-state index is 13.2. The van der Waals surface area contributed by atoms with E-state index in [-0.39, 0.29) is 52.4 Å². The monoisotopic (exact) mass is 728 g/mol. The lowest BCUT2D eigenvalue weighted by molar-refractivity contribution is -0.150. The van der Waals surface area contributed by atoms with Crippen LogP contribution in [0.1, 0.15) is 30.5 Å². The van der Waals surface area contributed by atoms with Gasteiger partial charge in [0.25, 0.3) is 11.8 Å². The molecule has 1 fully saturated rings. The molecule has 0 aromatic carbocycles. The smallest absolute Gasteiger partial charge is 0.353 e. The van der Waals surface area contributed by atoms with Crippen LogP contribution in [-0.4, -0.2) is 100 Å². The van der Waals surface area contributed by atoms with Gasteiger partial charge in [-0.2, -0.15) is 0 Å². The number of hydrogen-bond acceptors (Lipinski definition) is 15. The van der Waals surface area contributed by atoms with Gasteiger partial charge in [-0.3, -0.25) is 29.1 Å². The molecule has 2 aromatic rings. The van der Waals surface area contributed by atoms with E-state index in [0.717, 1.165) is 28.0 Å². The predicted octanol–water partition coefficient (Wildman–Crippen LogP) is 0.857. The second-order valence-corrected chi connectivity index (χ2v) is 13.9. The molecule has 2 aromatic heterocycles. The first kappa shape index (κ1) is 35.0. The number of hydrogen-bond donors (Lipinski definition) is 7. The SMILES string of the molecule is Nc1nc(/C(=N/O)C(=O)N[C@@H]2C(=O)N3C(C(=O)O)=C(Sc4ccncc4C(=S)CCNC(=O)[C@@H](N)CCC(=O)O)CS[C@@H]23)c(Cl)s1. The van der Waals surface area contributed by atoms with Gasteiger partial charge in [0.05, 0.1) is 6.04 Å². The number of nitrogens with zero attached hydrogens (tertiary/aromatic N) is 4. The van der Waals surface area contributed by atoms with Gasteiger partial charge >= 0.3 is 11.9 Å². The number of carboxylic acid groups (broad SMARTS) is 2. The minimum atomic E-state index is -1.35. The Hall–Kier alpha value is -3.82. The number of carboxylic acids is 2. The topological polar surface area (TPSA) is 264 Å². The lowest BCUT2D eigenvalue weighted by Crippen LogP contribution is -2.71. The third-order valence-corrected chi connectivity index (χ3v) is 10.7. The number of oxime groups is 1. The third-order valence-electron chi connectivity index (χ3n) is 6.54. The number of halogens is 1.